The molecule has 0 bridgehead atoms. The average Bonchev–Trinajstić information content (AvgIpc) is 2.81. The molecule has 1 aromatic rings. The van der Waals surface area contributed by atoms with E-state index in [0.29, 0.717) is 12.1 Å². The average molecular weight is 312 g/mol. The van der Waals surface area contributed by atoms with Crippen LogP contribution in [0.5, 0.6) is 0 Å². The van der Waals surface area contributed by atoms with E-state index in [0.717, 1.165) is 29.5 Å². The zero-order valence-electron chi connectivity index (χ0n) is 10.8. The van der Waals surface area contributed by atoms with Crippen molar-refractivity contribution >= 4 is 21.8 Å². The molecule has 0 N–H and O–H groups in total. The lowest BCUT2D eigenvalue weighted by atomic mass is 10.1. The van der Waals surface area contributed by atoms with E-state index >= 15 is 0 Å². The Morgan fingerprint density at radius 1 is 1.56 bits per heavy atom. The molecular weight excluding hydrogens is 294 g/mol. The molecule has 2 rings (SSSR count). The number of carbonyl (C=O) groups is 1. The van der Waals surface area contributed by atoms with Gasteiger partial charge >= 0.3 is 0 Å². The summed E-state index contributed by atoms with van der Waals surface area (Å²) in [5.74, 6) is 0.0392. The molecular formula is C14H18BrNO2. The van der Waals surface area contributed by atoms with Gasteiger partial charge in [-0.1, -0.05) is 6.07 Å². The summed E-state index contributed by atoms with van der Waals surface area (Å²) in [5, 5.41) is 0. The van der Waals surface area contributed by atoms with Crippen LogP contribution in [0.15, 0.2) is 22.7 Å². The predicted molar refractivity (Wildman–Crippen MR) is 74.8 cm³/mol. The molecule has 1 aliphatic rings. The second-order valence-corrected chi connectivity index (χ2v) is 5.66. The van der Waals surface area contributed by atoms with Gasteiger partial charge in [0.1, 0.15) is 0 Å². The molecule has 4 heteroatoms. The Hall–Kier alpha value is -0.870. The fourth-order valence-corrected chi connectivity index (χ4v) is 2.84. The van der Waals surface area contributed by atoms with Crippen molar-refractivity contribution in [2.45, 2.75) is 25.9 Å². The highest BCUT2D eigenvalue weighted by Crippen LogP contribution is 2.21. The normalized spacial score (nSPS) is 18.9. The first-order valence-electron chi connectivity index (χ1n) is 6.21. The SMILES string of the molecule is Cc1ccc(C(=O)N(C)CC2CCCO2)c(Br)c1. The lowest BCUT2D eigenvalue weighted by Crippen LogP contribution is -2.34. The van der Waals surface area contributed by atoms with Gasteiger partial charge in [-0.2, -0.15) is 0 Å². The van der Waals surface area contributed by atoms with Gasteiger partial charge in [-0.15, -0.1) is 0 Å². The highest BCUT2D eigenvalue weighted by atomic mass is 79.9. The number of nitrogens with zero attached hydrogens (tertiary/aromatic N) is 1. The van der Waals surface area contributed by atoms with Crippen molar-refractivity contribution in [2.75, 3.05) is 20.2 Å². The van der Waals surface area contributed by atoms with Crippen LogP contribution in [-0.4, -0.2) is 37.1 Å². The summed E-state index contributed by atoms with van der Waals surface area (Å²) in [7, 11) is 1.83. The molecule has 1 amide bonds. The number of hydrogen-bond donors (Lipinski definition) is 0. The van der Waals surface area contributed by atoms with Crippen LogP contribution in [0.3, 0.4) is 0 Å². The van der Waals surface area contributed by atoms with Gasteiger partial charge < -0.3 is 9.64 Å². The highest BCUT2D eigenvalue weighted by Gasteiger charge is 2.21. The first kappa shape index (κ1) is 13.6. The Balaban J connectivity index is 2.05. The van der Waals surface area contributed by atoms with Gasteiger partial charge in [-0.25, -0.2) is 0 Å². The van der Waals surface area contributed by atoms with E-state index in [1.54, 1.807) is 4.90 Å². The van der Waals surface area contributed by atoms with Crippen molar-refractivity contribution in [3.05, 3.63) is 33.8 Å². The molecule has 1 unspecified atom stereocenters. The Labute approximate surface area is 116 Å². The number of aryl methyl sites for hydroxylation is 1. The Morgan fingerprint density at radius 2 is 2.33 bits per heavy atom. The van der Waals surface area contributed by atoms with Crippen LogP contribution in [0.25, 0.3) is 0 Å². The largest absolute Gasteiger partial charge is 0.376 e. The van der Waals surface area contributed by atoms with Gasteiger partial charge in [0.15, 0.2) is 0 Å². The smallest absolute Gasteiger partial charge is 0.254 e. The summed E-state index contributed by atoms with van der Waals surface area (Å²) in [6.45, 7) is 3.50. The van der Waals surface area contributed by atoms with E-state index in [1.165, 1.54) is 0 Å². The van der Waals surface area contributed by atoms with E-state index < -0.39 is 0 Å². The van der Waals surface area contributed by atoms with E-state index in [4.69, 9.17) is 4.74 Å². The van der Waals surface area contributed by atoms with Crippen LogP contribution in [0.1, 0.15) is 28.8 Å². The number of benzene rings is 1. The minimum absolute atomic E-state index is 0.0392. The van der Waals surface area contributed by atoms with E-state index in [1.807, 2.05) is 32.2 Å². The number of likely N-dealkylation sites (N-methyl/N-ethyl adjacent to an activating group) is 1. The maximum atomic E-state index is 12.3. The Morgan fingerprint density at radius 3 is 2.94 bits per heavy atom. The summed E-state index contributed by atoms with van der Waals surface area (Å²) in [6, 6.07) is 5.79. The molecule has 1 heterocycles. The third kappa shape index (κ3) is 3.12. The van der Waals surface area contributed by atoms with Gasteiger partial charge in [0, 0.05) is 24.7 Å². The zero-order valence-corrected chi connectivity index (χ0v) is 12.4. The molecule has 0 aliphatic carbocycles. The topological polar surface area (TPSA) is 29.5 Å². The third-order valence-corrected chi connectivity index (χ3v) is 3.86. The third-order valence-electron chi connectivity index (χ3n) is 3.20. The van der Waals surface area contributed by atoms with Crippen LogP contribution >= 0.6 is 15.9 Å². The zero-order chi connectivity index (χ0) is 13.1. The Kier molecular flexibility index (Phi) is 4.40. The molecule has 1 atom stereocenters. The molecule has 0 spiro atoms. The van der Waals surface area contributed by atoms with Crippen molar-refractivity contribution in [1.82, 2.24) is 4.90 Å². The molecule has 1 aromatic carbocycles. The molecule has 98 valence electrons. The minimum Gasteiger partial charge on any atom is -0.376 e. The number of rotatable bonds is 3. The molecule has 0 aromatic heterocycles. The first-order chi connectivity index (χ1) is 8.58. The van der Waals surface area contributed by atoms with Gasteiger partial charge in [0.2, 0.25) is 0 Å². The summed E-state index contributed by atoms with van der Waals surface area (Å²) >= 11 is 3.45. The van der Waals surface area contributed by atoms with Crippen LogP contribution < -0.4 is 0 Å². The summed E-state index contributed by atoms with van der Waals surface area (Å²) in [5.41, 5.74) is 1.85. The fourth-order valence-electron chi connectivity index (χ4n) is 2.18. The fraction of sp³-hybridized carbons (Fsp3) is 0.500. The predicted octanol–water partition coefficient (Wildman–Crippen LogP) is 3.01. The standard InChI is InChI=1S/C14H18BrNO2/c1-10-5-6-12(13(15)8-10)14(17)16(2)9-11-4-3-7-18-11/h5-6,8,11H,3-4,7,9H2,1-2H3. The molecule has 1 saturated heterocycles. The van der Waals surface area contributed by atoms with Crippen molar-refractivity contribution in [1.29, 1.82) is 0 Å². The number of carbonyl (C=O) groups excluding carboxylic acids is 1. The lowest BCUT2D eigenvalue weighted by molar-refractivity contribution is 0.0586. The number of halogens is 1. The first-order valence-corrected chi connectivity index (χ1v) is 7.00. The summed E-state index contributed by atoms with van der Waals surface area (Å²) < 4.78 is 6.41. The number of amides is 1. The van der Waals surface area contributed by atoms with Crippen molar-refractivity contribution in [3.8, 4) is 0 Å². The van der Waals surface area contributed by atoms with Crippen LogP contribution in [0.4, 0.5) is 0 Å². The number of hydrogen-bond acceptors (Lipinski definition) is 2. The van der Waals surface area contributed by atoms with E-state index in [2.05, 4.69) is 15.9 Å². The molecule has 18 heavy (non-hydrogen) atoms. The van der Waals surface area contributed by atoms with E-state index in [9.17, 15) is 4.79 Å². The van der Waals surface area contributed by atoms with Crippen molar-refractivity contribution in [3.63, 3.8) is 0 Å². The van der Waals surface area contributed by atoms with Gasteiger partial charge in [0.05, 0.1) is 11.7 Å². The lowest BCUT2D eigenvalue weighted by Gasteiger charge is -2.21. The second kappa shape index (κ2) is 5.85. The Bertz CT molecular complexity index is 441. The summed E-state index contributed by atoms with van der Waals surface area (Å²) in [6.07, 6.45) is 2.34. The second-order valence-electron chi connectivity index (χ2n) is 4.80. The van der Waals surface area contributed by atoms with Gasteiger partial charge in [0.25, 0.3) is 5.91 Å². The maximum absolute atomic E-state index is 12.3. The van der Waals surface area contributed by atoms with Crippen molar-refractivity contribution in [2.24, 2.45) is 0 Å². The van der Waals surface area contributed by atoms with Crippen molar-refractivity contribution < 1.29 is 9.53 Å². The van der Waals surface area contributed by atoms with Gasteiger partial charge in [-0.3, -0.25) is 4.79 Å². The monoisotopic (exact) mass is 311 g/mol. The molecule has 0 saturated carbocycles. The molecule has 1 fully saturated rings. The van der Waals surface area contributed by atoms with E-state index in [-0.39, 0.29) is 12.0 Å². The maximum Gasteiger partial charge on any atom is 0.254 e. The molecule has 1 aliphatic heterocycles. The van der Waals surface area contributed by atoms with Crippen LogP contribution in [0, 0.1) is 6.92 Å². The molecule has 3 nitrogen and oxygen atoms in total. The van der Waals surface area contributed by atoms with Crippen LogP contribution in [-0.2, 0) is 4.74 Å². The quantitative estimate of drug-likeness (QED) is 0.859. The number of ether oxygens (including phenoxy) is 1. The van der Waals surface area contributed by atoms with Gasteiger partial charge in [-0.05, 0) is 53.4 Å². The summed E-state index contributed by atoms with van der Waals surface area (Å²) in [4.78, 5) is 14.0. The molecule has 0 radical (unpaired) electrons. The van der Waals surface area contributed by atoms with Crippen LogP contribution in [0.2, 0.25) is 0 Å². The minimum atomic E-state index is 0.0392. The highest BCUT2D eigenvalue weighted by molar-refractivity contribution is 9.10.